The van der Waals surface area contributed by atoms with Crippen LogP contribution in [0.2, 0.25) is 0 Å². The fraction of sp³-hybridized carbons (Fsp3) is 1.00. The number of hydrogen-bond donors (Lipinski definition) is 1. The number of hydrogen-bond acceptors (Lipinski definition) is 1. The van der Waals surface area contributed by atoms with E-state index in [0.29, 0.717) is 0 Å². The molecule has 1 fully saturated rings. The molecule has 0 unspecified atom stereocenters. The molecule has 0 aromatic heterocycles. The Labute approximate surface area is 57.0 Å². The Morgan fingerprint density at radius 1 is 1.56 bits per heavy atom. The van der Waals surface area contributed by atoms with Gasteiger partial charge in [0.05, 0.1) is 0 Å². The van der Waals surface area contributed by atoms with Crippen molar-refractivity contribution in [1.29, 1.82) is 0 Å². The Kier molecular flexibility index (Phi) is 3.01. The molecule has 1 aliphatic carbocycles. The summed E-state index contributed by atoms with van der Waals surface area (Å²) in [6.07, 6.45) is 3.99. The molecule has 0 spiro atoms. The lowest BCUT2D eigenvalue weighted by Gasteiger charge is -1.99. The van der Waals surface area contributed by atoms with E-state index in [9.17, 15) is 0 Å². The standard InChI is InChI=1S/C7H15N2/c1-8-5-2-6-9-7-3-4-7/h7,9H,2-6H2,1H3. The summed E-state index contributed by atoms with van der Waals surface area (Å²) in [6, 6.07) is 0.863. The number of nitrogens with zero attached hydrogens (tertiary/aromatic N) is 1. The van der Waals surface area contributed by atoms with Crippen molar-refractivity contribution in [1.82, 2.24) is 10.6 Å². The van der Waals surface area contributed by atoms with E-state index in [2.05, 4.69) is 10.6 Å². The van der Waals surface area contributed by atoms with Gasteiger partial charge in [0.25, 0.3) is 0 Å². The first kappa shape index (κ1) is 7.03. The van der Waals surface area contributed by atoms with E-state index in [1.807, 2.05) is 7.05 Å². The van der Waals surface area contributed by atoms with Gasteiger partial charge in [0, 0.05) is 19.6 Å². The zero-order valence-electron chi connectivity index (χ0n) is 6.06. The summed E-state index contributed by atoms with van der Waals surface area (Å²) in [5.74, 6) is 0. The van der Waals surface area contributed by atoms with E-state index in [1.165, 1.54) is 19.3 Å². The van der Waals surface area contributed by atoms with Gasteiger partial charge in [-0.15, -0.1) is 0 Å². The zero-order valence-corrected chi connectivity index (χ0v) is 6.06. The first-order valence-corrected chi connectivity index (χ1v) is 3.72. The molecule has 0 heterocycles. The van der Waals surface area contributed by atoms with E-state index in [4.69, 9.17) is 0 Å². The summed E-state index contributed by atoms with van der Waals surface area (Å²) in [5.41, 5.74) is 0. The maximum absolute atomic E-state index is 4.01. The summed E-state index contributed by atoms with van der Waals surface area (Å²) < 4.78 is 0. The molecule has 0 aromatic rings. The molecule has 53 valence electrons. The van der Waals surface area contributed by atoms with Crippen molar-refractivity contribution >= 4 is 0 Å². The van der Waals surface area contributed by atoms with Crippen molar-refractivity contribution in [3.8, 4) is 0 Å². The molecule has 0 bridgehead atoms. The highest BCUT2D eigenvalue weighted by Gasteiger charge is 2.19. The van der Waals surface area contributed by atoms with Gasteiger partial charge in [-0.05, 0) is 25.8 Å². The lowest BCUT2D eigenvalue weighted by molar-refractivity contribution is 0.618. The van der Waals surface area contributed by atoms with Crippen molar-refractivity contribution in [3.63, 3.8) is 0 Å². The van der Waals surface area contributed by atoms with Crippen molar-refractivity contribution in [2.24, 2.45) is 0 Å². The van der Waals surface area contributed by atoms with Gasteiger partial charge in [0.2, 0.25) is 0 Å². The van der Waals surface area contributed by atoms with Crippen LogP contribution in [0.15, 0.2) is 0 Å². The van der Waals surface area contributed by atoms with Gasteiger partial charge in [0.15, 0.2) is 0 Å². The van der Waals surface area contributed by atoms with Crippen LogP contribution >= 0.6 is 0 Å². The molecule has 2 heteroatoms. The summed E-state index contributed by atoms with van der Waals surface area (Å²) >= 11 is 0. The van der Waals surface area contributed by atoms with E-state index < -0.39 is 0 Å². The molecule has 1 saturated carbocycles. The predicted molar refractivity (Wildman–Crippen MR) is 38.6 cm³/mol. The molecule has 0 aromatic carbocycles. The van der Waals surface area contributed by atoms with Crippen LogP contribution in [0.3, 0.4) is 0 Å². The second kappa shape index (κ2) is 3.85. The van der Waals surface area contributed by atoms with Crippen molar-refractivity contribution in [3.05, 3.63) is 0 Å². The van der Waals surface area contributed by atoms with Gasteiger partial charge >= 0.3 is 0 Å². The molecule has 0 atom stereocenters. The first-order valence-electron chi connectivity index (χ1n) is 3.72. The molecule has 2 nitrogen and oxygen atoms in total. The summed E-state index contributed by atoms with van der Waals surface area (Å²) in [7, 11) is 1.87. The van der Waals surface area contributed by atoms with E-state index in [-0.39, 0.29) is 0 Å². The maximum Gasteiger partial charge on any atom is 0.0142 e. The van der Waals surface area contributed by atoms with E-state index in [1.54, 1.807) is 0 Å². The fourth-order valence-corrected chi connectivity index (χ4v) is 0.831. The Balaban J connectivity index is 1.71. The summed E-state index contributed by atoms with van der Waals surface area (Å²) in [5, 5.41) is 7.44. The number of rotatable bonds is 5. The Morgan fingerprint density at radius 3 is 2.89 bits per heavy atom. The minimum atomic E-state index is 0.863. The Bertz CT molecular complexity index is 69.3. The Hall–Kier alpha value is -0.0800. The lowest BCUT2D eigenvalue weighted by atomic mass is 10.4. The van der Waals surface area contributed by atoms with E-state index >= 15 is 0 Å². The summed E-state index contributed by atoms with van der Waals surface area (Å²) in [6.45, 7) is 2.17. The van der Waals surface area contributed by atoms with Crippen LogP contribution in [0, 0.1) is 0 Å². The fourth-order valence-electron chi connectivity index (χ4n) is 0.831. The van der Waals surface area contributed by atoms with Gasteiger partial charge in [-0.3, -0.25) is 0 Å². The molecular formula is C7H15N2. The van der Waals surface area contributed by atoms with Crippen molar-refractivity contribution < 1.29 is 0 Å². The van der Waals surface area contributed by atoms with Crippen LogP contribution in [0.1, 0.15) is 19.3 Å². The van der Waals surface area contributed by atoms with Gasteiger partial charge in [-0.1, -0.05) is 0 Å². The van der Waals surface area contributed by atoms with Gasteiger partial charge in [-0.25, -0.2) is 5.32 Å². The monoisotopic (exact) mass is 127 g/mol. The minimum absolute atomic E-state index is 0.863. The zero-order chi connectivity index (χ0) is 6.53. The molecule has 9 heavy (non-hydrogen) atoms. The summed E-state index contributed by atoms with van der Waals surface area (Å²) in [4.78, 5) is 0. The second-order valence-electron chi connectivity index (χ2n) is 2.62. The van der Waals surface area contributed by atoms with Gasteiger partial charge < -0.3 is 5.32 Å². The van der Waals surface area contributed by atoms with Crippen molar-refractivity contribution in [2.45, 2.75) is 25.3 Å². The maximum atomic E-state index is 4.01. The molecule has 0 aliphatic heterocycles. The molecule has 1 N–H and O–H groups in total. The minimum Gasteiger partial charge on any atom is -0.314 e. The molecule has 1 aliphatic rings. The highest BCUT2D eigenvalue weighted by Crippen LogP contribution is 2.17. The molecular weight excluding hydrogens is 112 g/mol. The molecule has 0 amide bonds. The van der Waals surface area contributed by atoms with Crippen LogP contribution < -0.4 is 10.6 Å². The quantitative estimate of drug-likeness (QED) is 0.530. The smallest absolute Gasteiger partial charge is 0.0142 e. The van der Waals surface area contributed by atoms with Gasteiger partial charge in [-0.2, -0.15) is 0 Å². The number of nitrogens with one attached hydrogen (secondary N) is 1. The third-order valence-corrected chi connectivity index (χ3v) is 1.57. The topological polar surface area (TPSA) is 26.1 Å². The van der Waals surface area contributed by atoms with Crippen LogP contribution in [0.4, 0.5) is 0 Å². The molecule has 1 radical (unpaired) electrons. The molecule has 1 rings (SSSR count). The van der Waals surface area contributed by atoms with E-state index in [0.717, 1.165) is 19.1 Å². The van der Waals surface area contributed by atoms with Crippen LogP contribution in [0.25, 0.3) is 0 Å². The normalized spacial score (nSPS) is 18.3. The van der Waals surface area contributed by atoms with Crippen LogP contribution in [0.5, 0.6) is 0 Å². The average Bonchev–Trinajstić information content (AvgIpc) is 2.63. The lowest BCUT2D eigenvalue weighted by Crippen LogP contribution is -2.19. The first-order chi connectivity index (χ1) is 4.43. The second-order valence-corrected chi connectivity index (χ2v) is 2.62. The van der Waals surface area contributed by atoms with Crippen molar-refractivity contribution in [2.75, 3.05) is 20.1 Å². The van der Waals surface area contributed by atoms with Crippen LogP contribution in [-0.2, 0) is 0 Å². The molecule has 0 saturated heterocycles. The average molecular weight is 127 g/mol. The Morgan fingerprint density at radius 2 is 2.33 bits per heavy atom. The highest BCUT2D eigenvalue weighted by molar-refractivity contribution is 4.80. The third-order valence-electron chi connectivity index (χ3n) is 1.57. The predicted octanol–water partition coefficient (Wildman–Crippen LogP) is 0.363. The van der Waals surface area contributed by atoms with Gasteiger partial charge in [0.1, 0.15) is 0 Å². The van der Waals surface area contributed by atoms with Crippen LogP contribution in [-0.4, -0.2) is 26.2 Å². The largest absolute Gasteiger partial charge is 0.314 e. The highest BCUT2D eigenvalue weighted by atomic mass is 14.9. The third kappa shape index (κ3) is 3.49. The SMILES string of the molecule is C[N]CCCNC1CC1.